The van der Waals surface area contributed by atoms with Gasteiger partial charge in [-0.05, 0) is 17.7 Å². The summed E-state index contributed by atoms with van der Waals surface area (Å²) >= 11 is 0. The van der Waals surface area contributed by atoms with E-state index in [1.165, 1.54) is 0 Å². The van der Waals surface area contributed by atoms with Crippen molar-refractivity contribution in [2.24, 2.45) is 0 Å². The summed E-state index contributed by atoms with van der Waals surface area (Å²) in [6.45, 7) is 3.90. The van der Waals surface area contributed by atoms with Gasteiger partial charge in [-0.2, -0.15) is 0 Å². The van der Waals surface area contributed by atoms with E-state index in [1.54, 1.807) is 0 Å². The van der Waals surface area contributed by atoms with Gasteiger partial charge in [0.05, 0.1) is 5.16 Å². The smallest absolute Gasteiger partial charge is 0.294 e. The van der Waals surface area contributed by atoms with E-state index in [0.29, 0.717) is 12.8 Å². The fourth-order valence-corrected chi connectivity index (χ4v) is 1.58. The number of ketones is 2. The molecule has 1 aromatic rings. The summed E-state index contributed by atoms with van der Waals surface area (Å²) in [5.74, 6) is -0.692. The molecular formula is C12H18N2O4. The van der Waals surface area contributed by atoms with E-state index in [-0.39, 0.29) is 40.7 Å². The molecule has 1 heterocycles. The van der Waals surface area contributed by atoms with Gasteiger partial charge in [-0.15, -0.1) is 0 Å². The molecule has 0 atom stereocenters. The summed E-state index contributed by atoms with van der Waals surface area (Å²) in [5.41, 5.74) is -0.371. The van der Waals surface area contributed by atoms with Gasteiger partial charge in [-0.3, -0.25) is 14.2 Å². The molecule has 0 aliphatic carbocycles. The predicted molar refractivity (Wildman–Crippen MR) is 63.2 cm³/mol. The average Bonchev–Trinajstić information content (AvgIpc) is 2.75. The van der Waals surface area contributed by atoms with Crippen molar-refractivity contribution in [2.45, 2.75) is 52.4 Å². The molecular weight excluding hydrogens is 236 g/mol. The molecule has 0 radical (unpaired) electrons. The number of aromatic nitrogens is 2. The first-order valence-corrected chi connectivity index (χ1v) is 6.27. The van der Waals surface area contributed by atoms with Crippen LogP contribution >= 0.6 is 0 Å². The van der Waals surface area contributed by atoms with Crippen LogP contribution in [0.3, 0.4) is 0 Å². The van der Waals surface area contributed by atoms with Crippen molar-refractivity contribution in [3.05, 3.63) is 16.6 Å². The molecule has 0 saturated heterocycles. The topological polar surface area (TPSA) is 87.1 Å². The Balaban J connectivity index is 2.87. The Morgan fingerprint density at radius 1 is 1.17 bits per heavy atom. The Morgan fingerprint density at radius 3 is 2.28 bits per heavy atom. The molecule has 18 heavy (non-hydrogen) atoms. The second-order valence-corrected chi connectivity index (χ2v) is 4.18. The van der Waals surface area contributed by atoms with E-state index in [1.807, 2.05) is 13.8 Å². The molecule has 6 heteroatoms. The number of hydrogen-bond acceptors (Lipinski definition) is 5. The van der Waals surface area contributed by atoms with Crippen LogP contribution in [0.5, 0.6) is 0 Å². The molecule has 1 aromatic heterocycles. The van der Waals surface area contributed by atoms with Crippen LogP contribution in [0.4, 0.5) is 0 Å². The van der Waals surface area contributed by atoms with Crippen molar-refractivity contribution >= 4 is 11.6 Å². The highest BCUT2D eigenvalue weighted by atomic mass is 16.8. The fourth-order valence-electron chi connectivity index (χ4n) is 1.58. The zero-order valence-corrected chi connectivity index (χ0v) is 10.8. The van der Waals surface area contributed by atoms with Gasteiger partial charge in [0.25, 0.3) is 11.4 Å². The van der Waals surface area contributed by atoms with E-state index in [2.05, 4.69) is 9.79 Å². The van der Waals surface area contributed by atoms with Crippen molar-refractivity contribution in [1.82, 2.24) is 5.16 Å². The standard InChI is InChI=1S/C12H18N2O4/c1-3-5-7-9(15)11-12(14(17)18-13-11)10(16)8-6-4-2/h3-8H2,1-2H3. The molecule has 0 aliphatic heterocycles. The lowest BCUT2D eigenvalue weighted by atomic mass is 10.1. The number of rotatable bonds is 8. The Kier molecular flexibility index (Phi) is 5.48. The number of nitrogens with zero attached hydrogens (tertiary/aromatic N) is 2. The Morgan fingerprint density at radius 2 is 1.72 bits per heavy atom. The Hall–Kier alpha value is -1.72. The quantitative estimate of drug-likeness (QED) is 0.523. The van der Waals surface area contributed by atoms with E-state index in [4.69, 9.17) is 0 Å². The van der Waals surface area contributed by atoms with Crippen LogP contribution in [0.25, 0.3) is 0 Å². The second kappa shape index (κ2) is 6.88. The summed E-state index contributed by atoms with van der Waals surface area (Å²) in [6, 6.07) is 0. The van der Waals surface area contributed by atoms with Gasteiger partial charge < -0.3 is 5.21 Å². The zero-order valence-electron chi connectivity index (χ0n) is 10.8. The number of carbonyl (C=O) groups is 2. The van der Waals surface area contributed by atoms with Crippen LogP contribution in [-0.2, 0) is 0 Å². The third kappa shape index (κ3) is 3.38. The third-order valence-corrected chi connectivity index (χ3v) is 2.66. The van der Waals surface area contributed by atoms with Gasteiger partial charge in [0, 0.05) is 12.8 Å². The van der Waals surface area contributed by atoms with E-state index < -0.39 is 0 Å². The normalized spacial score (nSPS) is 10.6. The first-order valence-electron chi connectivity index (χ1n) is 6.27. The maximum absolute atomic E-state index is 11.8. The van der Waals surface area contributed by atoms with Gasteiger partial charge in [-0.1, -0.05) is 26.7 Å². The van der Waals surface area contributed by atoms with Crippen LogP contribution < -0.4 is 4.90 Å². The molecule has 0 bridgehead atoms. The summed E-state index contributed by atoms with van der Waals surface area (Å²) in [7, 11) is 0. The Bertz CT molecular complexity index is 426. The molecule has 0 saturated carbocycles. The highest BCUT2D eigenvalue weighted by Crippen LogP contribution is 2.11. The number of Topliss-reactive ketones (excluding diaryl/α,β-unsaturated/α-hetero) is 2. The largest absolute Gasteiger partial charge is 0.359 e. The SMILES string of the molecule is CCCCC(=O)c1no[n+]([O-])c1C(=O)CCCC. The minimum Gasteiger partial charge on any atom is -0.359 e. The third-order valence-electron chi connectivity index (χ3n) is 2.66. The number of hydrogen-bond donors (Lipinski definition) is 0. The second-order valence-electron chi connectivity index (χ2n) is 4.18. The van der Waals surface area contributed by atoms with E-state index in [0.717, 1.165) is 12.8 Å². The lowest BCUT2D eigenvalue weighted by Gasteiger charge is -1.97. The lowest BCUT2D eigenvalue weighted by molar-refractivity contribution is -0.803. The number of unbranched alkanes of at least 4 members (excludes halogenated alkanes) is 2. The summed E-state index contributed by atoms with van der Waals surface area (Å²) < 4.78 is 4.37. The van der Waals surface area contributed by atoms with Crippen molar-refractivity contribution < 1.29 is 19.1 Å². The van der Waals surface area contributed by atoms with Crippen LogP contribution in [-0.4, -0.2) is 16.7 Å². The van der Waals surface area contributed by atoms with Crippen molar-refractivity contribution in [3.63, 3.8) is 0 Å². The first-order chi connectivity index (χ1) is 8.61. The molecule has 0 fully saturated rings. The molecule has 0 amide bonds. The van der Waals surface area contributed by atoms with Crippen LogP contribution in [0.1, 0.15) is 73.3 Å². The van der Waals surface area contributed by atoms with Crippen LogP contribution in [0.2, 0.25) is 0 Å². The molecule has 0 N–H and O–H groups in total. The Labute approximate surface area is 105 Å². The van der Waals surface area contributed by atoms with Crippen LogP contribution in [0, 0.1) is 5.21 Å². The highest BCUT2D eigenvalue weighted by molar-refractivity contribution is 6.05. The summed E-state index contributed by atoms with van der Waals surface area (Å²) in [5, 5.41) is 14.7. The van der Waals surface area contributed by atoms with Crippen molar-refractivity contribution in [2.75, 3.05) is 0 Å². The highest BCUT2D eigenvalue weighted by Gasteiger charge is 2.30. The molecule has 0 aliphatic rings. The molecule has 1 rings (SSSR count). The molecule has 100 valence electrons. The number of carbonyl (C=O) groups excluding carboxylic acids is 2. The lowest BCUT2D eigenvalue weighted by Crippen LogP contribution is -2.32. The summed E-state index contributed by atoms with van der Waals surface area (Å²) in [6.07, 6.45) is 3.58. The maximum Gasteiger partial charge on any atom is 0.294 e. The van der Waals surface area contributed by atoms with Crippen molar-refractivity contribution in [1.29, 1.82) is 0 Å². The minimum absolute atomic E-state index is 0.0389. The zero-order chi connectivity index (χ0) is 13.5. The van der Waals surface area contributed by atoms with E-state index >= 15 is 0 Å². The maximum atomic E-state index is 11.8. The van der Waals surface area contributed by atoms with Gasteiger partial charge in [0.1, 0.15) is 0 Å². The van der Waals surface area contributed by atoms with Crippen molar-refractivity contribution in [3.8, 4) is 0 Å². The molecule has 0 spiro atoms. The molecule has 6 nitrogen and oxygen atoms in total. The van der Waals surface area contributed by atoms with Crippen LogP contribution in [0.15, 0.2) is 4.63 Å². The van der Waals surface area contributed by atoms with Gasteiger partial charge in [-0.25, -0.2) is 0 Å². The van der Waals surface area contributed by atoms with Gasteiger partial charge in [0.2, 0.25) is 11.6 Å². The summed E-state index contributed by atoms with van der Waals surface area (Å²) in [4.78, 5) is 23.6. The van der Waals surface area contributed by atoms with Gasteiger partial charge in [0.15, 0.2) is 0 Å². The predicted octanol–water partition coefficient (Wildman–Crippen LogP) is 2.05. The first kappa shape index (κ1) is 14.3. The van der Waals surface area contributed by atoms with E-state index in [9.17, 15) is 14.8 Å². The van der Waals surface area contributed by atoms with Gasteiger partial charge >= 0.3 is 0 Å². The average molecular weight is 254 g/mol. The minimum atomic E-state index is -0.382. The monoisotopic (exact) mass is 254 g/mol. The molecule has 0 unspecified atom stereocenters. The molecule has 0 aromatic carbocycles. The fraction of sp³-hybridized carbons (Fsp3) is 0.667.